The van der Waals surface area contributed by atoms with Crippen LogP contribution < -0.4 is 10.8 Å². The third-order valence-corrected chi connectivity index (χ3v) is 1.55. The number of carbonyl (C=O) groups is 1. The van der Waals surface area contributed by atoms with E-state index in [0.29, 0.717) is 13.2 Å². The molecule has 3 N–H and O–H groups in total. The third kappa shape index (κ3) is 2.83. The van der Waals surface area contributed by atoms with E-state index in [1.807, 2.05) is 0 Å². The summed E-state index contributed by atoms with van der Waals surface area (Å²) in [6, 6.07) is 0.0379. The molecule has 0 spiro atoms. The van der Waals surface area contributed by atoms with E-state index in [1.54, 1.807) is 5.48 Å². The maximum absolute atomic E-state index is 10.6. The Morgan fingerprint density at radius 1 is 1.82 bits per heavy atom. The van der Waals surface area contributed by atoms with Gasteiger partial charge in [-0.05, 0) is 0 Å². The summed E-state index contributed by atoms with van der Waals surface area (Å²) >= 11 is 0. The van der Waals surface area contributed by atoms with Gasteiger partial charge in [0, 0.05) is 19.0 Å². The zero-order chi connectivity index (χ0) is 8.10. The first kappa shape index (κ1) is 8.45. The summed E-state index contributed by atoms with van der Waals surface area (Å²) in [5.41, 5.74) is 1.58. The molecule has 64 valence electrons. The summed E-state index contributed by atoms with van der Waals surface area (Å²) in [4.78, 5) is 10.6. The molecular weight excluding hydrogens is 148 g/mol. The minimum atomic E-state index is -0.381. The fourth-order valence-electron chi connectivity index (χ4n) is 1.02. The molecule has 1 aliphatic heterocycles. The molecule has 11 heavy (non-hydrogen) atoms. The van der Waals surface area contributed by atoms with Crippen LogP contribution in [0.5, 0.6) is 0 Å². The number of amides is 1. The number of carbonyl (C=O) groups excluding carboxylic acids is 1. The first-order chi connectivity index (χ1) is 5.33. The quantitative estimate of drug-likeness (QED) is 0.353. The van der Waals surface area contributed by atoms with Gasteiger partial charge in [-0.1, -0.05) is 0 Å². The van der Waals surface area contributed by atoms with Crippen LogP contribution in [0.4, 0.5) is 0 Å². The van der Waals surface area contributed by atoms with Gasteiger partial charge in [0.25, 0.3) is 0 Å². The average Bonchev–Trinajstić information content (AvgIpc) is 2.06. The molecule has 1 atom stereocenters. The second-order valence-electron chi connectivity index (χ2n) is 2.47. The standard InChI is InChI=1S/C6H12N2O3/c9-6(8-10)3-5-4-11-2-1-7-5/h5,7,10H,1-4H2,(H,8,9). The highest BCUT2D eigenvalue weighted by molar-refractivity contribution is 5.75. The number of nitrogens with one attached hydrogen (secondary N) is 2. The highest BCUT2D eigenvalue weighted by Crippen LogP contribution is 1.97. The Hall–Kier alpha value is -0.650. The molecular formula is C6H12N2O3. The van der Waals surface area contributed by atoms with Crippen LogP contribution in [0.3, 0.4) is 0 Å². The minimum Gasteiger partial charge on any atom is -0.378 e. The van der Waals surface area contributed by atoms with Crippen molar-refractivity contribution >= 4 is 5.91 Å². The highest BCUT2D eigenvalue weighted by Gasteiger charge is 2.15. The van der Waals surface area contributed by atoms with Crippen molar-refractivity contribution in [3.63, 3.8) is 0 Å². The van der Waals surface area contributed by atoms with Crippen molar-refractivity contribution in [1.29, 1.82) is 0 Å². The Balaban J connectivity index is 2.19. The van der Waals surface area contributed by atoms with E-state index in [9.17, 15) is 4.79 Å². The van der Waals surface area contributed by atoms with Gasteiger partial charge in [-0.3, -0.25) is 10.0 Å². The Morgan fingerprint density at radius 3 is 3.18 bits per heavy atom. The van der Waals surface area contributed by atoms with Gasteiger partial charge >= 0.3 is 0 Å². The molecule has 5 nitrogen and oxygen atoms in total. The topological polar surface area (TPSA) is 70.6 Å². The average molecular weight is 160 g/mol. The summed E-state index contributed by atoms with van der Waals surface area (Å²) in [5, 5.41) is 11.3. The van der Waals surface area contributed by atoms with E-state index in [-0.39, 0.29) is 18.4 Å². The molecule has 1 rings (SSSR count). The van der Waals surface area contributed by atoms with Gasteiger partial charge in [0.05, 0.1) is 13.2 Å². The summed E-state index contributed by atoms with van der Waals surface area (Å²) in [6.07, 6.45) is 0.260. The lowest BCUT2D eigenvalue weighted by Gasteiger charge is -2.22. The van der Waals surface area contributed by atoms with E-state index in [0.717, 1.165) is 6.54 Å². The fourth-order valence-corrected chi connectivity index (χ4v) is 1.02. The molecule has 1 amide bonds. The molecule has 0 saturated carbocycles. The number of morpholine rings is 1. The van der Waals surface area contributed by atoms with Crippen molar-refractivity contribution in [3.8, 4) is 0 Å². The molecule has 1 fully saturated rings. The largest absolute Gasteiger partial charge is 0.378 e. The molecule has 1 heterocycles. The number of hydrogen-bond donors (Lipinski definition) is 3. The maximum Gasteiger partial charge on any atom is 0.244 e. The Labute approximate surface area is 64.7 Å². The molecule has 0 radical (unpaired) electrons. The van der Waals surface area contributed by atoms with E-state index < -0.39 is 0 Å². The summed E-state index contributed by atoms with van der Waals surface area (Å²) in [5.74, 6) is -0.381. The lowest BCUT2D eigenvalue weighted by Crippen LogP contribution is -2.43. The zero-order valence-electron chi connectivity index (χ0n) is 6.17. The molecule has 5 heteroatoms. The van der Waals surface area contributed by atoms with Gasteiger partial charge in [0.2, 0.25) is 5.91 Å². The van der Waals surface area contributed by atoms with E-state index in [4.69, 9.17) is 9.94 Å². The monoisotopic (exact) mass is 160 g/mol. The Kier molecular flexibility index (Phi) is 3.28. The van der Waals surface area contributed by atoms with Crippen LogP contribution in [0.25, 0.3) is 0 Å². The maximum atomic E-state index is 10.6. The van der Waals surface area contributed by atoms with Crippen LogP contribution in [0.1, 0.15) is 6.42 Å². The van der Waals surface area contributed by atoms with Crippen LogP contribution in [-0.2, 0) is 9.53 Å². The predicted octanol–water partition coefficient (Wildman–Crippen LogP) is -1.13. The first-order valence-electron chi connectivity index (χ1n) is 3.57. The molecule has 1 aliphatic rings. The van der Waals surface area contributed by atoms with E-state index in [1.165, 1.54) is 0 Å². The zero-order valence-corrected chi connectivity index (χ0v) is 6.17. The highest BCUT2D eigenvalue weighted by atomic mass is 16.5. The molecule has 0 aromatic heterocycles. The summed E-state index contributed by atoms with van der Waals surface area (Å²) in [7, 11) is 0. The van der Waals surface area contributed by atoms with Crippen LogP contribution >= 0.6 is 0 Å². The van der Waals surface area contributed by atoms with Crippen LogP contribution in [0.2, 0.25) is 0 Å². The molecule has 1 unspecified atom stereocenters. The molecule has 0 bridgehead atoms. The first-order valence-corrected chi connectivity index (χ1v) is 3.57. The third-order valence-electron chi connectivity index (χ3n) is 1.55. The number of hydrogen-bond acceptors (Lipinski definition) is 4. The summed E-state index contributed by atoms with van der Waals surface area (Å²) in [6.45, 7) is 1.99. The normalized spacial score (nSPS) is 24.6. The molecule has 1 saturated heterocycles. The van der Waals surface area contributed by atoms with Gasteiger partial charge in [-0.15, -0.1) is 0 Å². The summed E-state index contributed by atoms with van der Waals surface area (Å²) < 4.78 is 5.10. The van der Waals surface area contributed by atoms with Crippen molar-refractivity contribution in [1.82, 2.24) is 10.8 Å². The SMILES string of the molecule is O=C(CC1COCCN1)NO. The molecule has 0 aromatic carbocycles. The number of rotatable bonds is 2. The van der Waals surface area contributed by atoms with Crippen molar-refractivity contribution < 1.29 is 14.7 Å². The molecule has 0 aliphatic carbocycles. The lowest BCUT2D eigenvalue weighted by atomic mass is 10.2. The smallest absolute Gasteiger partial charge is 0.244 e. The van der Waals surface area contributed by atoms with Crippen molar-refractivity contribution in [2.24, 2.45) is 0 Å². The number of hydroxylamine groups is 1. The van der Waals surface area contributed by atoms with Crippen molar-refractivity contribution in [2.45, 2.75) is 12.5 Å². The van der Waals surface area contributed by atoms with E-state index >= 15 is 0 Å². The van der Waals surface area contributed by atoms with E-state index in [2.05, 4.69) is 5.32 Å². The predicted molar refractivity (Wildman–Crippen MR) is 37.2 cm³/mol. The van der Waals surface area contributed by atoms with Gasteiger partial charge < -0.3 is 10.1 Å². The van der Waals surface area contributed by atoms with Crippen LogP contribution in [0, 0.1) is 0 Å². The van der Waals surface area contributed by atoms with Crippen LogP contribution in [0.15, 0.2) is 0 Å². The lowest BCUT2D eigenvalue weighted by molar-refractivity contribution is -0.130. The van der Waals surface area contributed by atoms with Gasteiger partial charge in [0.1, 0.15) is 0 Å². The Morgan fingerprint density at radius 2 is 2.64 bits per heavy atom. The van der Waals surface area contributed by atoms with Crippen LogP contribution in [-0.4, -0.2) is 36.9 Å². The van der Waals surface area contributed by atoms with Gasteiger partial charge in [-0.25, -0.2) is 5.48 Å². The molecule has 0 aromatic rings. The fraction of sp³-hybridized carbons (Fsp3) is 0.833. The van der Waals surface area contributed by atoms with Crippen molar-refractivity contribution in [3.05, 3.63) is 0 Å². The minimum absolute atomic E-state index is 0.0379. The number of ether oxygens (including phenoxy) is 1. The van der Waals surface area contributed by atoms with Crippen molar-refractivity contribution in [2.75, 3.05) is 19.8 Å². The van der Waals surface area contributed by atoms with Gasteiger partial charge in [0.15, 0.2) is 0 Å². The Bertz CT molecular complexity index is 134. The second kappa shape index (κ2) is 4.27. The second-order valence-corrected chi connectivity index (χ2v) is 2.47. The van der Waals surface area contributed by atoms with Gasteiger partial charge in [-0.2, -0.15) is 0 Å².